The Labute approximate surface area is 198 Å². The van der Waals surface area contributed by atoms with E-state index in [9.17, 15) is 18.3 Å². The summed E-state index contributed by atoms with van der Waals surface area (Å²) in [6.45, 7) is 2.57. The largest absolute Gasteiger partial charge is 0.372 e. The standard InChI is InChI=1S/C26H25N3O4S/c27-34(32,33)22-11-7-20(8-12-22)26(31)23-3-1-2-4-24(23)29(25(26)30)14-17-5-9-21(10-6-17)28-15-18-13-19(18)16-28/h1-12,18-19,31H,13-16H2,(H2,27,32,33). The number of carbonyl (C=O) groups excluding carboxylic acids is 1. The zero-order valence-corrected chi connectivity index (χ0v) is 19.3. The maximum atomic E-state index is 13.6. The molecule has 0 bridgehead atoms. The SMILES string of the molecule is NS(=O)(=O)c1ccc(C2(O)C(=O)N(Cc3ccc(N4CC5CC5C4)cc3)c3ccccc32)cc1. The Morgan fingerprint density at radius 3 is 2.24 bits per heavy atom. The molecule has 1 aliphatic carbocycles. The van der Waals surface area contributed by atoms with Crippen molar-refractivity contribution in [1.82, 2.24) is 0 Å². The third-order valence-electron chi connectivity index (χ3n) is 7.36. The fourth-order valence-electron chi connectivity index (χ4n) is 5.36. The van der Waals surface area contributed by atoms with Crippen molar-refractivity contribution in [3.8, 4) is 0 Å². The van der Waals surface area contributed by atoms with E-state index in [1.807, 2.05) is 24.3 Å². The molecule has 0 aromatic heterocycles. The van der Waals surface area contributed by atoms with Crippen LogP contribution < -0.4 is 14.9 Å². The Hall–Kier alpha value is -3.20. The van der Waals surface area contributed by atoms with Crippen LogP contribution in [0.3, 0.4) is 0 Å². The van der Waals surface area contributed by atoms with E-state index in [-0.39, 0.29) is 4.90 Å². The van der Waals surface area contributed by atoms with Gasteiger partial charge in [-0.25, -0.2) is 13.6 Å². The zero-order chi connectivity index (χ0) is 23.7. The van der Waals surface area contributed by atoms with Crippen molar-refractivity contribution >= 4 is 27.3 Å². The van der Waals surface area contributed by atoms with Gasteiger partial charge in [-0.15, -0.1) is 0 Å². The Morgan fingerprint density at radius 1 is 0.941 bits per heavy atom. The van der Waals surface area contributed by atoms with E-state index in [0.717, 1.165) is 30.5 Å². The first-order valence-corrected chi connectivity index (χ1v) is 12.9. The summed E-state index contributed by atoms with van der Waals surface area (Å²) in [4.78, 5) is 17.5. The molecule has 3 aromatic carbocycles. The second-order valence-corrected chi connectivity index (χ2v) is 11.1. The number of rotatable bonds is 5. The van der Waals surface area contributed by atoms with Crippen LogP contribution >= 0.6 is 0 Å². The fraction of sp³-hybridized carbons (Fsp3) is 0.269. The Bertz CT molecular complexity index is 1380. The predicted octanol–water partition coefficient (Wildman–Crippen LogP) is 2.57. The lowest BCUT2D eigenvalue weighted by atomic mass is 9.87. The Morgan fingerprint density at radius 2 is 1.59 bits per heavy atom. The number of piperidine rings is 1. The van der Waals surface area contributed by atoms with Gasteiger partial charge in [0.1, 0.15) is 0 Å². The zero-order valence-electron chi connectivity index (χ0n) is 18.5. The highest BCUT2D eigenvalue weighted by Gasteiger charge is 2.51. The van der Waals surface area contributed by atoms with Gasteiger partial charge in [-0.05, 0) is 59.7 Å². The lowest BCUT2D eigenvalue weighted by Gasteiger charge is -2.24. The van der Waals surface area contributed by atoms with Gasteiger partial charge in [0.15, 0.2) is 5.60 Å². The van der Waals surface area contributed by atoms with Gasteiger partial charge < -0.3 is 14.9 Å². The van der Waals surface area contributed by atoms with Gasteiger partial charge in [0.25, 0.3) is 5.91 Å². The molecule has 6 rings (SSSR count). The van der Waals surface area contributed by atoms with Crippen molar-refractivity contribution in [2.24, 2.45) is 17.0 Å². The van der Waals surface area contributed by atoms with Gasteiger partial charge in [-0.2, -0.15) is 0 Å². The normalized spacial score (nSPS) is 25.4. The molecular formula is C26H25N3O4S. The molecule has 1 saturated heterocycles. The number of carbonyl (C=O) groups is 1. The molecular weight excluding hydrogens is 450 g/mol. The number of para-hydroxylation sites is 1. The van der Waals surface area contributed by atoms with Gasteiger partial charge >= 0.3 is 0 Å². The van der Waals surface area contributed by atoms with Gasteiger partial charge in [0.05, 0.1) is 17.1 Å². The topological polar surface area (TPSA) is 104 Å². The third-order valence-corrected chi connectivity index (χ3v) is 8.29. The number of hydrogen-bond donors (Lipinski definition) is 2. The van der Waals surface area contributed by atoms with Crippen LogP contribution in [-0.2, 0) is 27.0 Å². The molecule has 0 radical (unpaired) electrons. The first-order valence-electron chi connectivity index (χ1n) is 11.4. The molecule has 1 amide bonds. The van der Waals surface area contributed by atoms with Crippen LogP contribution in [0, 0.1) is 11.8 Å². The quantitative estimate of drug-likeness (QED) is 0.590. The maximum absolute atomic E-state index is 13.6. The molecule has 174 valence electrons. The highest BCUT2D eigenvalue weighted by atomic mass is 32.2. The highest BCUT2D eigenvalue weighted by Crippen LogP contribution is 2.47. The minimum absolute atomic E-state index is 0.0779. The molecule has 1 saturated carbocycles. The summed E-state index contributed by atoms with van der Waals surface area (Å²) >= 11 is 0. The molecule has 0 spiro atoms. The lowest BCUT2D eigenvalue weighted by molar-refractivity contribution is -0.132. The summed E-state index contributed by atoms with van der Waals surface area (Å²) in [5.41, 5.74) is 1.65. The minimum atomic E-state index is -3.88. The Balaban J connectivity index is 1.30. The molecule has 3 aliphatic rings. The summed E-state index contributed by atoms with van der Waals surface area (Å²) < 4.78 is 23.3. The van der Waals surface area contributed by atoms with Crippen LogP contribution in [0.5, 0.6) is 0 Å². The molecule has 3 aromatic rings. The van der Waals surface area contributed by atoms with Crippen LogP contribution in [-0.4, -0.2) is 32.5 Å². The number of fused-ring (bicyclic) bond motifs is 2. The first-order chi connectivity index (χ1) is 16.2. The molecule has 7 nitrogen and oxygen atoms in total. The van der Waals surface area contributed by atoms with E-state index >= 15 is 0 Å². The van der Waals surface area contributed by atoms with E-state index in [1.165, 1.54) is 36.4 Å². The van der Waals surface area contributed by atoms with E-state index < -0.39 is 21.5 Å². The number of benzene rings is 3. The molecule has 2 aliphatic heterocycles. The first kappa shape index (κ1) is 21.3. The smallest absolute Gasteiger partial charge is 0.268 e. The monoisotopic (exact) mass is 475 g/mol. The van der Waals surface area contributed by atoms with Crippen molar-refractivity contribution in [3.05, 3.63) is 89.5 Å². The van der Waals surface area contributed by atoms with Crippen molar-refractivity contribution in [2.75, 3.05) is 22.9 Å². The van der Waals surface area contributed by atoms with Crippen LogP contribution in [0.25, 0.3) is 0 Å². The summed E-state index contributed by atoms with van der Waals surface area (Å²) in [5, 5.41) is 16.9. The van der Waals surface area contributed by atoms with E-state index in [0.29, 0.717) is 23.4 Å². The molecule has 3 N–H and O–H groups in total. The number of hydrogen-bond acceptors (Lipinski definition) is 5. The van der Waals surface area contributed by atoms with Crippen LogP contribution in [0.15, 0.2) is 77.7 Å². The molecule has 3 atom stereocenters. The number of aliphatic hydroxyl groups is 1. The van der Waals surface area contributed by atoms with Crippen LogP contribution in [0.4, 0.5) is 11.4 Å². The number of nitrogens with two attached hydrogens (primary N) is 1. The average Bonchev–Trinajstić information content (AvgIpc) is 3.39. The molecule has 8 heteroatoms. The fourth-order valence-corrected chi connectivity index (χ4v) is 5.88. The van der Waals surface area contributed by atoms with E-state index in [2.05, 4.69) is 17.0 Å². The van der Waals surface area contributed by atoms with Crippen LogP contribution in [0.1, 0.15) is 23.1 Å². The lowest BCUT2D eigenvalue weighted by Crippen LogP contribution is -2.40. The predicted molar refractivity (Wildman–Crippen MR) is 129 cm³/mol. The van der Waals surface area contributed by atoms with Crippen LogP contribution in [0.2, 0.25) is 0 Å². The molecule has 34 heavy (non-hydrogen) atoms. The van der Waals surface area contributed by atoms with E-state index in [4.69, 9.17) is 5.14 Å². The highest BCUT2D eigenvalue weighted by molar-refractivity contribution is 7.89. The summed E-state index contributed by atoms with van der Waals surface area (Å²) in [7, 11) is -3.88. The second-order valence-electron chi connectivity index (χ2n) is 9.52. The molecule has 2 fully saturated rings. The maximum Gasteiger partial charge on any atom is 0.268 e. The Kier molecular flexibility index (Phi) is 4.64. The van der Waals surface area contributed by atoms with Crippen molar-refractivity contribution in [2.45, 2.75) is 23.5 Å². The number of primary sulfonamides is 1. The number of amides is 1. The molecule has 3 unspecified atom stereocenters. The third kappa shape index (κ3) is 3.33. The van der Waals surface area contributed by atoms with Crippen molar-refractivity contribution in [3.63, 3.8) is 0 Å². The summed E-state index contributed by atoms with van der Waals surface area (Å²) in [6, 6.07) is 20.9. The van der Waals surface area contributed by atoms with Gasteiger partial charge in [0, 0.05) is 24.3 Å². The summed E-state index contributed by atoms with van der Waals surface area (Å²) in [5.74, 6) is 1.24. The summed E-state index contributed by atoms with van der Waals surface area (Å²) in [6.07, 6.45) is 1.36. The van der Waals surface area contributed by atoms with Crippen molar-refractivity contribution < 1.29 is 18.3 Å². The van der Waals surface area contributed by atoms with Gasteiger partial charge in [-0.1, -0.05) is 42.5 Å². The number of nitrogens with zero attached hydrogens (tertiary/aromatic N) is 2. The van der Waals surface area contributed by atoms with Gasteiger partial charge in [-0.3, -0.25) is 4.79 Å². The molecule has 2 heterocycles. The van der Waals surface area contributed by atoms with Crippen molar-refractivity contribution in [1.29, 1.82) is 0 Å². The average molecular weight is 476 g/mol. The van der Waals surface area contributed by atoms with E-state index in [1.54, 1.807) is 17.0 Å². The number of anilines is 2. The van der Waals surface area contributed by atoms with Gasteiger partial charge in [0.2, 0.25) is 10.0 Å². The minimum Gasteiger partial charge on any atom is -0.372 e. The second kappa shape index (κ2) is 7.40. The number of sulfonamides is 1.